The van der Waals surface area contributed by atoms with Crippen LogP contribution >= 0.6 is 0 Å². The van der Waals surface area contributed by atoms with Crippen LogP contribution < -0.4 is 0 Å². The third kappa shape index (κ3) is 6.27. The summed E-state index contributed by atoms with van der Waals surface area (Å²) in [6.45, 7) is 10.2. The van der Waals surface area contributed by atoms with Gasteiger partial charge < -0.3 is 14.5 Å². The number of ether oxygens (including phenoxy) is 1. The molecule has 3 rings (SSSR count). The molecule has 3 fully saturated rings. The van der Waals surface area contributed by atoms with Crippen molar-refractivity contribution < 1.29 is 18.3 Å². The Kier molecular flexibility index (Phi) is 8.14. The summed E-state index contributed by atoms with van der Waals surface area (Å²) in [5.41, 5.74) is 0.325. The van der Waals surface area contributed by atoms with E-state index in [-0.39, 0.29) is 18.7 Å². The first-order chi connectivity index (χ1) is 13.9. The number of halogens is 2. The van der Waals surface area contributed by atoms with Gasteiger partial charge in [0.15, 0.2) is 0 Å². The second kappa shape index (κ2) is 10.4. The van der Waals surface area contributed by atoms with Crippen molar-refractivity contribution >= 4 is 6.09 Å². The number of piperazine rings is 1. The monoisotopic (exact) mass is 415 g/mol. The average molecular weight is 416 g/mol. The molecule has 1 saturated carbocycles. The van der Waals surface area contributed by atoms with Gasteiger partial charge >= 0.3 is 6.09 Å². The molecule has 2 aliphatic heterocycles. The van der Waals surface area contributed by atoms with Crippen molar-refractivity contribution in [3.8, 4) is 0 Å². The molecule has 29 heavy (non-hydrogen) atoms. The maximum atomic E-state index is 12.5. The molecule has 0 aromatic carbocycles. The number of rotatable bonds is 10. The molecule has 3 aliphatic rings. The van der Waals surface area contributed by atoms with Crippen LogP contribution in [0.4, 0.5) is 13.6 Å². The lowest BCUT2D eigenvalue weighted by Crippen LogP contribution is -2.65. The van der Waals surface area contributed by atoms with Crippen LogP contribution in [0, 0.1) is 11.3 Å². The molecule has 0 aromatic heterocycles. The molecule has 0 bridgehead atoms. The smallest absolute Gasteiger partial charge is 0.410 e. The van der Waals surface area contributed by atoms with Gasteiger partial charge in [-0.3, -0.25) is 4.90 Å². The van der Waals surface area contributed by atoms with Crippen LogP contribution in [0.15, 0.2) is 0 Å². The first kappa shape index (κ1) is 22.7. The number of carbonyl (C=O) groups excluding carboxylic acids is 1. The number of carbonyl (C=O) groups is 1. The van der Waals surface area contributed by atoms with Crippen LogP contribution in [0.25, 0.3) is 0 Å². The van der Waals surface area contributed by atoms with Gasteiger partial charge in [0.2, 0.25) is 0 Å². The fourth-order valence-corrected chi connectivity index (χ4v) is 5.35. The molecule has 0 aromatic rings. The van der Waals surface area contributed by atoms with Gasteiger partial charge in [-0.2, -0.15) is 0 Å². The third-order valence-electron chi connectivity index (χ3n) is 6.98. The second-order valence-electron chi connectivity index (χ2n) is 9.53. The van der Waals surface area contributed by atoms with Crippen molar-refractivity contribution in [1.29, 1.82) is 0 Å². The van der Waals surface area contributed by atoms with Gasteiger partial charge in [0.1, 0.15) is 6.10 Å². The Morgan fingerprint density at radius 3 is 2.31 bits per heavy atom. The van der Waals surface area contributed by atoms with Gasteiger partial charge in [-0.25, -0.2) is 13.6 Å². The highest BCUT2D eigenvalue weighted by molar-refractivity contribution is 5.69. The maximum absolute atomic E-state index is 12.5. The molecular weight excluding hydrogens is 376 g/mol. The Bertz CT molecular complexity index is 512. The molecule has 1 aliphatic carbocycles. The predicted octanol–water partition coefficient (Wildman–Crippen LogP) is 4.08. The zero-order valence-corrected chi connectivity index (χ0v) is 18.3. The molecule has 2 heterocycles. The van der Waals surface area contributed by atoms with Gasteiger partial charge in [0.25, 0.3) is 6.43 Å². The van der Waals surface area contributed by atoms with Gasteiger partial charge in [0, 0.05) is 51.2 Å². The van der Waals surface area contributed by atoms with Gasteiger partial charge in [-0.05, 0) is 38.0 Å². The summed E-state index contributed by atoms with van der Waals surface area (Å²) in [5, 5.41) is 0. The van der Waals surface area contributed by atoms with E-state index in [1.807, 2.05) is 9.80 Å². The highest BCUT2D eigenvalue weighted by Crippen LogP contribution is 2.52. The highest BCUT2D eigenvalue weighted by Gasteiger charge is 2.54. The van der Waals surface area contributed by atoms with Crippen molar-refractivity contribution in [2.24, 2.45) is 11.3 Å². The second-order valence-corrected chi connectivity index (χ2v) is 9.53. The quantitative estimate of drug-likeness (QED) is 0.504. The van der Waals surface area contributed by atoms with Gasteiger partial charge in [-0.1, -0.05) is 26.7 Å². The van der Waals surface area contributed by atoms with E-state index in [0.29, 0.717) is 11.3 Å². The average Bonchev–Trinajstić information content (AvgIpc) is 2.62. The summed E-state index contributed by atoms with van der Waals surface area (Å²) in [7, 11) is 0. The van der Waals surface area contributed by atoms with Crippen LogP contribution in [0.5, 0.6) is 0 Å². The molecule has 1 atom stereocenters. The zero-order valence-electron chi connectivity index (χ0n) is 18.3. The summed E-state index contributed by atoms with van der Waals surface area (Å²) >= 11 is 0. The van der Waals surface area contributed by atoms with E-state index in [0.717, 1.165) is 65.1 Å². The van der Waals surface area contributed by atoms with Crippen LogP contribution in [-0.4, -0.2) is 85.7 Å². The topological polar surface area (TPSA) is 36.0 Å². The molecule has 1 amide bonds. The molecule has 2 saturated heterocycles. The largest absolute Gasteiger partial charge is 0.446 e. The number of amides is 1. The van der Waals surface area contributed by atoms with Crippen LogP contribution in [0.1, 0.15) is 58.8 Å². The van der Waals surface area contributed by atoms with E-state index < -0.39 is 6.43 Å². The Balaban J connectivity index is 1.29. The summed E-state index contributed by atoms with van der Waals surface area (Å²) < 4.78 is 30.7. The van der Waals surface area contributed by atoms with Crippen molar-refractivity contribution in [3.05, 3.63) is 0 Å². The zero-order chi connectivity index (χ0) is 20.9. The normalized spacial score (nSPS) is 23.8. The van der Waals surface area contributed by atoms with E-state index in [1.165, 1.54) is 25.7 Å². The Labute approximate surface area is 174 Å². The minimum atomic E-state index is -2.23. The number of unbranched alkanes of at least 4 members (excludes halogenated alkanes) is 2. The Morgan fingerprint density at radius 2 is 1.72 bits per heavy atom. The minimum absolute atomic E-state index is 0.0588. The lowest BCUT2D eigenvalue weighted by atomic mass is 9.57. The summed E-state index contributed by atoms with van der Waals surface area (Å²) in [5.74, 6) is 0.687. The maximum Gasteiger partial charge on any atom is 0.410 e. The highest BCUT2D eigenvalue weighted by atomic mass is 19.3. The molecule has 5 nitrogen and oxygen atoms in total. The molecule has 1 spiro atoms. The molecule has 0 radical (unpaired) electrons. The van der Waals surface area contributed by atoms with Crippen molar-refractivity contribution in [1.82, 2.24) is 14.7 Å². The van der Waals surface area contributed by atoms with E-state index in [1.54, 1.807) is 0 Å². The lowest BCUT2D eigenvalue weighted by molar-refractivity contribution is -0.0975. The predicted molar refractivity (Wildman–Crippen MR) is 110 cm³/mol. The summed E-state index contributed by atoms with van der Waals surface area (Å²) in [6, 6.07) is 0. The fourth-order valence-electron chi connectivity index (χ4n) is 5.35. The van der Waals surface area contributed by atoms with Gasteiger partial charge in [0.05, 0.1) is 6.54 Å². The molecule has 168 valence electrons. The van der Waals surface area contributed by atoms with Gasteiger partial charge in [-0.15, -0.1) is 0 Å². The van der Waals surface area contributed by atoms with E-state index in [9.17, 15) is 13.6 Å². The van der Waals surface area contributed by atoms with Crippen molar-refractivity contribution in [2.45, 2.75) is 71.3 Å². The van der Waals surface area contributed by atoms with Crippen molar-refractivity contribution in [2.75, 3.05) is 52.4 Å². The van der Waals surface area contributed by atoms with Crippen molar-refractivity contribution in [3.63, 3.8) is 0 Å². The molecular formula is C22H39F2N3O2. The molecule has 1 unspecified atom stereocenters. The molecule has 0 N–H and O–H groups in total. The third-order valence-corrected chi connectivity index (χ3v) is 6.98. The Morgan fingerprint density at radius 1 is 1.07 bits per heavy atom. The van der Waals surface area contributed by atoms with E-state index >= 15 is 0 Å². The van der Waals surface area contributed by atoms with E-state index in [4.69, 9.17) is 4.74 Å². The van der Waals surface area contributed by atoms with Crippen LogP contribution in [0.3, 0.4) is 0 Å². The van der Waals surface area contributed by atoms with Crippen LogP contribution in [-0.2, 0) is 4.74 Å². The molecule has 7 heteroatoms. The van der Waals surface area contributed by atoms with E-state index in [2.05, 4.69) is 18.7 Å². The number of hydrogen-bond acceptors (Lipinski definition) is 4. The number of likely N-dealkylation sites (tertiary alicyclic amines) is 1. The summed E-state index contributed by atoms with van der Waals surface area (Å²) in [4.78, 5) is 18.6. The standard InChI is InChI=1S/C22H39F2N3O2/c1-3-5-6-7-19(4-2)29-21(28)27-16-22(17-27)12-18(13-22)14-25-8-10-26(11-9-25)15-20(23)24/h18-20H,3-17H2,1-2H3. The first-order valence-electron chi connectivity index (χ1n) is 11.6. The fraction of sp³-hybridized carbons (Fsp3) is 0.955. The SMILES string of the molecule is CCCCCC(CC)OC(=O)N1CC2(CC(CN3CCN(CC(F)F)CC3)C2)C1. The number of alkyl halides is 2. The summed E-state index contributed by atoms with van der Waals surface area (Å²) in [6.07, 6.45) is 5.44. The number of nitrogens with zero attached hydrogens (tertiary/aromatic N) is 3. The van der Waals surface area contributed by atoms with Crippen LogP contribution in [0.2, 0.25) is 0 Å². The minimum Gasteiger partial charge on any atom is -0.446 e. The first-order valence-corrected chi connectivity index (χ1v) is 11.6. The Hall–Kier alpha value is -0.950. The number of hydrogen-bond donors (Lipinski definition) is 0. The lowest BCUT2D eigenvalue weighted by Gasteiger charge is -2.59.